The molecule has 7 nitrogen and oxygen atoms in total. The number of amides is 1. The molecule has 0 aliphatic carbocycles. The van der Waals surface area contributed by atoms with Gasteiger partial charge in [-0.15, -0.1) is 0 Å². The maximum atomic E-state index is 12.6. The molecular weight excluding hydrogens is 330 g/mol. The fraction of sp³-hybridized carbons (Fsp3) is 0.263. The van der Waals surface area contributed by atoms with Crippen molar-refractivity contribution >= 4 is 11.6 Å². The summed E-state index contributed by atoms with van der Waals surface area (Å²) in [5.74, 6) is -0.371. The van der Waals surface area contributed by atoms with Crippen molar-refractivity contribution in [3.05, 3.63) is 69.9 Å². The molecule has 1 amide bonds. The highest BCUT2D eigenvalue weighted by Gasteiger charge is 2.14. The van der Waals surface area contributed by atoms with Gasteiger partial charge in [-0.05, 0) is 44.5 Å². The Bertz CT molecular complexity index is 1000. The molecule has 0 aliphatic rings. The van der Waals surface area contributed by atoms with E-state index >= 15 is 0 Å². The number of rotatable bonds is 5. The predicted octanol–water partition coefficient (Wildman–Crippen LogP) is 2.71. The first-order valence-electron chi connectivity index (χ1n) is 8.52. The number of carbonyl (C=O) groups excluding carboxylic acids is 1. The van der Waals surface area contributed by atoms with E-state index in [9.17, 15) is 9.59 Å². The minimum Gasteiger partial charge on any atom is -0.319 e. The van der Waals surface area contributed by atoms with Gasteiger partial charge in [-0.1, -0.05) is 19.1 Å². The van der Waals surface area contributed by atoms with Crippen LogP contribution in [-0.4, -0.2) is 25.5 Å². The molecule has 0 unspecified atom stereocenters. The lowest BCUT2D eigenvalue weighted by molar-refractivity contribution is 0.101. The molecule has 0 saturated carbocycles. The molecule has 0 radical (unpaired) electrons. The molecule has 1 aromatic carbocycles. The molecule has 3 aromatic rings. The minimum atomic E-state index is -0.371. The first-order valence-corrected chi connectivity index (χ1v) is 8.52. The molecular formula is C19H21N5O2. The van der Waals surface area contributed by atoms with Gasteiger partial charge in [-0.2, -0.15) is 10.2 Å². The van der Waals surface area contributed by atoms with E-state index in [4.69, 9.17) is 0 Å². The van der Waals surface area contributed by atoms with Gasteiger partial charge >= 0.3 is 0 Å². The second-order valence-corrected chi connectivity index (χ2v) is 6.09. The van der Waals surface area contributed by atoms with Crippen molar-refractivity contribution in [3.8, 4) is 5.69 Å². The van der Waals surface area contributed by atoms with Crippen molar-refractivity contribution in [2.75, 3.05) is 5.32 Å². The first kappa shape index (κ1) is 17.6. The molecule has 1 N–H and O–H groups in total. The average Bonchev–Trinajstić information content (AvgIpc) is 2.95. The van der Waals surface area contributed by atoms with Crippen molar-refractivity contribution in [2.24, 2.45) is 0 Å². The average molecular weight is 351 g/mol. The highest BCUT2D eigenvalue weighted by molar-refractivity contribution is 6.03. The lowest BCUT2D eigenvalue weighted by Crippen LogP contribution is -2.26. The van der Waals surface area contributed by atoms with Crippen molar-refractivity contribution in [1.29, 1.82) is 0 Å². The lowest BCUT2D eigenvalue weighted by atomic mass is 10.2. The monoisotopic (exact) mass is 351 g/mol. The van der Waals surface area contributed by atoms with Crippen molar-refractivity contribution in [3.63, 3.8) is 0 Å². The number of nitrogens with zero attached hydrogens (tertiary/aromatic N) is 4. The van der Waals surface area contributed by atoms with Crippen LogP contribution >= 0.6 is 0 Å². The van der Waals surface area contributed by atoms with Gasteiger partial charge < -0.3 is 5.32 Å². The van der Waals surface area contributed by atoms with Crippen LogP contribution in [-0.2, 0) is 6.54 Å². The van der Waals surface area contributed by atoms with E-state index in [1.165, 1.54) is 16.8 Å². The van der Waals surface area contributed by atoms with Crippen LogP contribution in [0.25, 0.3) is 5.69 Å². The topological polar surface area (TPSA) is 81.8 Å². The molecule has 2 aromatic heterocycles. The summed E-state index contributed by atoms with van der Waals surface area (Å²) >= 11 is 0. The van der Waals surface area contributed by atoms with Gasteiger partial charge in [-0.25, -0.2) is 9.36 Å². The normalized spacial score (nSPS) is 10.7. The Hall–Kier alpha value is -3.22. The number of benzene rings is 1. The lowest BCUT2D eigenvalue weighted by Gasteiger charge is -2.12. The number of anilines is 1. The second-order valence-electron chi connectivity index (χ2n) is 6.09. The predicted molar refractivity (Wildman–Crippen MR) is 99.8 cm³/mol. The Balaban J connectivity index is 1.93. The van der Waals surface area contributed by atoms with E-state index in [1.807, 2.05) is 51.1 Å². The number of carbonyl (C=O) groups is 1. The molecule has 7 heteroatoms. The van der Waals surface area contributed by atoms with Crippen molar-refractivity contribution in [1.82, 2.24) is 19.6 Å². The largest absolute Gasteiger partial charge is 0.319 e. The third kappa shape index (κ3) is 3.56. The van der Waals surface area contributed by atoms with Gasteiger partial charge in [0.05, 0.1) is 17.1 Å². The Morgan fingerprint density at radius 2 is 1.88 bits per heavy atom. The molecule has 0 atom stereocenters. The number of para-hydroxylation sites is 2. The van der Waals surface area contributed by atoms with Crippen LogP contribution in [0.5, 0.6) is 0 Å². The van der Waals surface area contributed by atoms with Crippen LogP contribution in [0.1, 0.15) is 35.2 Å². The second kappa shape index (κ2) is 7.35. The molecule has 26 heavy (non-hydrogen) atoms. The van der Waals surface area contributed by atoms with E-state index in [1.54, 1.807) is 4.68 Å². The zero-order valence-corrected chi connectivity index (χ0v) is 15.1. The maximum absolute atomic E-state index is 12.6. The number of hydrogen-bond donors (Lipinski definition) is 1. The van der Waals surface area contributed by atoms with Crippen LogP contribution in [0.4, 0.5) is 5.69 Å². The quantitative estimate of drug-likeness (QED) is 0.766. The molecule has 3 rings (SSSR count). The summed E-state index contributed by atoms with van der Waals surface area (Å²) in [5, 5.41) is 11.5. The molecule has 134 valence electrons. The van der Waals surface area contributed by atoms with Gasteiger partial charge in [0.2, 0.25) is 0 Å². The molecule has 0 fully saturated rings. The molecule has 2 heterocycles. The van der Waals surface area contributed by atoms with Gasteiger partial charge in [0.25, 0.3) is 11.5 Å². The molecule has 0 bridgehead atoms. The molecule has 0 saturated heterocycles. The van der Waals surface area contributed by atoms with Crippen LogP contribution < -0.4 is 10.9 Å². The summed E-state index contributed by atoms with van der Waals surface area (Å²) in [6.45, 7) is 6.31. The van der Waals surface area contributed by atoms with E-state index in [0.717, 1.165) is 23.5 Å². The Morgan fingerprint density at radius 3 is 2.58 bits per heavy atom. The number of nitrogens with one attached hydrogen (secondary N) is 1. The fourth-order valence-electron chi connectivity index (χ4n) is 2.77. The van der Waals surface area contributed by atoms with Crippen LogP contribution in [0, 0.1) is 13.8 Å². The Morgan fingerprint density at radius 1 is 1.12 bits per heavy atom. The fourth-order valence-corrected chi connectivity index (χ4v) is 2.77. The number of hydrogen-bond acceptors (Lipinski definition) is 4. The summed E-state index contributed by atoms with van der Waals surface area (Å²) in [4.78, 5) is 24.4. The molecule has 0 spiro atoms. The summed E-state index contributed by atoms with van der Waals surface area (Å²) in [5.41, 5.74) is 3.25. The minimum absolute atomic E-state index is 0.196. The van der Waals surface area contributed by atoms with Gasteiger partial charge in [0.1, 0.15) is 5.69 Å². The van der Waals surface area contributed by atoms with E-state index in [0.29, 0.717) is 12.2 Å². The number of aryl methyl sites for hydroxylation is 3. The van der Waals surface area contributed by atoms with Gasteiger partial charge in [0.15, 0.2) is 0 Å². The van der Waals surface area contributed by atoms with Crippen molar-refractivity contribution in [2.45, 2.75) is 33.7 Å². The van der Waals surface area contributed by atoms with E-state index < -0.39 is 0 Å². The van der Waals surface area contributed by atoms with Crippen LogP contribution in [0.3, 0.4) is 0 Å². The van der Waals surface area contributed by atoms with Crippen molar-refractivity contribution < 1.29 is 4.79 Å². The highest BCUT2D eigenvalue weighted by Crippen LogP contribution is 2.22. The summed E-state index contributed by atoms with van der Waals surface area (Å²) in [6.07, 6.45) is 0.763. The standard InChI is InChI=1S/C19H21N5O2/c1-4-11-23-18(25)10-9-16(22-23)19(26)20-15-7-5-6-8-17(15)24-14(3)12-13(2)21-24/h5-10,12H,4,11H2,1-3H3,(H,20,26). The van der Waals surface area contributed by atoms with Crippen LogP contribution in [0.15, 0.2) is 47.3 Å². The first-order chi connectivity index (χ1) is 12.5. The maximum Gasteiger partial charge on any atom is 0.276 e. The smallest absolute Gasteiger partial charge is 0.276 e. The number of aromatic nitrogens is 4. The summed E-state index contributed by atoms with van der Waals surface area (Å²) < 4.78 is 3.10. The third-order valence-corrected chi connectivity index (χ3v) is 3.92. The molecule has 0 aliphatic heterocycles. The summed E-state index contributed by atoms with van der Waals surface area (Å²) in [7, 11) is 0. The zero-order valence-electron chi connectivity index (χ0n) is 15.1. The zero-order chi connectivity index (χ0) is 18.7. The SMILES string of the molecule is CCCn1nc(C(=O)Nc2ccccc2-n2nc(C)cc2C)ccc1=O. The van der Waals surface area contributed by atoms with E-state index in [2.05, 4.69) is 15.5 Å². The van der Waals surface area contributed by atoms with Crippen LogP contribution in [0.2, 0.25) is 0 Å². The Kier molecular flexibility index (Phi) is 4.97. The highest BCUT2D eigenvalue weighted by atomic mass is 16.2. The summed E-state index contributed by atoms with van der Waals surface area (Å²) in [6, 6.07) is 12.2. The third-order valence-electron chi connectivity index (χ3n) is 3.92. The Labute approximate surface area is 151 Å². The van der Waals surface area contributed by atoms with Gasteiger partial charge in [-0.3, -0.25) is 9.59 Å². The van der Waals surface area contributed by atoms with E-state index in [-0.39, 0.29) is 17.2 Å². The van der Waals surface area contributed by atoms with Gasteiger partial charge in [0, 0.05) is 18.3 Å².